The van der Waals surface area contributed by atoms with Crippen LogP contribution in [0.4, 0.5) is 11.8 Å². The SMILES string of the molecule is O=[S@@]1c2c(NC3(CO)CCC3)nc(N3CC4CCC(C3)C4c3ccc(Cl)cc3)nc2C2CC21. The zero-order chi connectivity index (χ0) is 22.3. The number of nitrogens with zero attached hydrogens (tertiary/aromatic N) is 3. The molecule has 2 bridgehead atoms. The van der Waals surface area contributed by atoms with Crippen molar-refractivity contribution in [2.45, 2.75) is 66.0 Å². The van der Waals surface area contributed by atoms with Gasteiger partial charge >= 0.3 is 0 Å². The van der Waals surface area contributed by atoms with Crippen LogP contribution in [0.3, 0.4) is 0 Å². The lowest BCUT2D eigenvalue weighted by atomic mass is 9.77. The number of aromatic nitrogens is 2. The third-order valence-electron chi connectivity index (χ3n) is 8.81. The summed E-state index contributed by atoms with van der Waals surface area (Å²) in [6.07, 6.45) is 6.38. The Morgan fingerprint density at radius 2 is 1.88 bits per heavy atom. The van der Waals surface area contributed by atoms with Crippen molar-refractivity contribution in [3.63, 3.8) is 0 Å². The number of hydrogen-bond acceptors (Lipinski definition) is 6. The van der Waals surface area contributed by atoms with E-state index in [1.807, 2.05) is 12.1 Å². The second-order valence-corrected chi connectivity index (χ2v) is 12.8. The second-order valence-electron chi connectivity index (χ2n) is 10.8. The Labute approximate surface area is 201 Å². The quantitative estimate of drug-likeness (QED) is 0.666. The second kappa shape index (κ2) is 7.40. The summed E-state index contributed by atoms with van der Waals surface area (Å²) in [7, 11) is -1.04. The van der Waals surface area contributed by atoms with E-state index in [1.165, 1.54) is 18.4 Å². The Bertz CT molecular complexity index is 1120. The summed E-state index contributed by atoms with van der Waals surface area (Å²) < 4.78 is 13.1. The Morgan fingerprint density at radius 3 is 2.52 bits per heavy atom. The van der Waals surface area contributed by atoms with Gasteiger partial charge < -0.3 is 15.3 Å². The molecular formula is C25H29ClN4O2S. The summed E-state index contributed by atoms with van der Waals surface area (Å²) in [5.41, 5.74) is 2.07. The molecule has 3 heterocycles. The molecule has 0 radical (unpaired) electrons. The Balaban J connectivity index is 1.21. The minimum absolute atomic E-state index is 0.0806. The number of nitrogens with one attached hydrogen (secondary N) is 1. The number of piperidine rings is 1. The van der Waals surface area contributed by atoms with E-state index in [-0.39, 0.29) is 17.4 Å². The van der Waals surface area contributed by atoms with Crippen LogP contribution in [0.15, 0.2) is 29.2 Å². The number of aliphatic hydroxyl groups excluding tert-OH is 1. The molecule has 4 unspecified atom stereocenters. The lowest BCUT2D eigenvalue weighted by molar-refractivity contribution is 0.143. The monoisotopic (exact) mass is 484 g/mol. The molecule has 3 saturated carbocycles. The number of aliphatic hydroxyl groups is 1. The van der Waals surface area contributed by atoms with Gasteiger partial charge in [0.05, 0.1) is 28.6 Å². The third-order valence-corrected chi connectivity index (χ3v) is 10.9. The van der Waals surface area contributed by atoms with Gasteiger partial charge in [-0.15, -0.1) is 0 Å². The molecule has 0 amide bonds. The van der Waals surface area contributed by atoms with Crippen molar-refractivity contribution in [1.82, 2.24) is 9.97 Å². The van der Waals surface area contributed by atoms with Crippen LogP contribution in [0.5, 0.6) is 0 Å². The van der Waals surface area contributed by atoms with Crippen LogP contribution in [0.2, 0.25) is 5.02 Å². The van der Waals surface area contributed by atoms with E-state index in [0.29, 0.717) is 29.5 Å². The molecule has 2 aromatic rings. The lowest BCUT2D eigenvalue weighted by Crippen LogP contribution is -2.49. The minimum atomic E-state index is -1.04. The topological polar surface area (TPSA) is 78.3 Å². The summed E-state index contributed by atoms with van der Waals surface area (Å²) in [6, 6.07) is 8.40. The number of anilines is 2. The van der Waals surface area contributed by atoms with E-state index in [0.717, 1.165) is 60.3 Å². The van der Waals surface area contributed by atoms with Crippen LogP contribution in [-0.4, -0.2) is 49.8 Å². The molecule has 1 aromatic carbocycles. The van der Waals surface area contributed by atoms with Crippen LogP contribution in [0.1, 0.15) is 61.6 Å². The van der Waals surface area contributed by atoms with Crippen LogP contribution in [-0.2, 0) is 10.8 Å². The maximum absolute atomic E-state index is 13.1. The lowest BCUT2D eigenvalue weighted by Gasteiger charge is -2.42. The van der Waals surface area contributed by atoms with Crippen molar-refractivity contribution in [1.29, 1.82) is 0 Å². The summed E-state index contributed by atoms with van der Waals surface area (Å²) in [5, 5.41) is 14.6. The normalized spacial score (nSPS) is 35.0. The molecule has 3 aliphatic carbocycles. The fraction of sp³-hybridized carbons (Fsp3) is 0.600. The highest BCUT2D eigenvalue weighted by Gasteiger charge is 2.55. The van der Waals surface area contributed by atoms with Gasteiger partial charge in [0, 0.05) is 29.3 Å². The molecule has 5 aliphatic rings. The van der Waals surface area contributed by atoms with E-state index in [2.05, 4.69) is 22.3 Å². The highest BCUT2D eigenvalue weighted by Crippen LogP contribution is 2.56. The molecule has 2 aliphatic heterocycles. The Hall–Kier alpha value is -1.70. The van der Waals surface area contributed by atoms with Crippen LogP contribution in [0, 0.1) is 11.8 Å². The zero-order valence-electron chi connectivity index (χ0n) is 18.5. The molecule has 6 nitrogen and oxygen atoms in total. The molecule has 4 fully saturated rings. The van der Waals surface area contributed by atoms with Gasteiger partial charge in [-0.05, 0) is 74.0 Å². The van der Waals surface area contributed by atoms with Crippen molar-refractivity contribution in [2.24, 2.45) is 11.8 Å². The van der Waals surface area contributed by atoms with Gasteiger partial charge in [-0.1, -0.05) is 23.7 Å². The molecule has 8 heteroatoms. The molecule has 174 valence electrons. The molecule has 1 aromatic heterocycles. The summed E-state index contributed by atoms with van der Waals surface area (Å²) in [6.45, 7) is 1.98. The van der Waals surface area contributed by atoms with Crippen molar-refractivity contribution in [3.8, 4) is 0 Å². The van der Waals surface area contributed by atoms with E-state index in [9.17, 15) is 9.32 Å². The number of fused-ring (bicyclic) bond motifs is 5. The molecule has 2 N–H and O–H groups in total. The minimum Gasteiger partial charge on any atom is -0.394 e. The molecule has 33 heavy (non-hydrogen) atoms. The highest BCUT2D eigenvalue weighted by molar-refractivity contribution is 7.86. The first-order valence-corrected chi connectivity index (χ1v) is 13.9. The number of rotatable bonds is 5. The fourth-order valence-corrected chi connectivity index (χ4v) is 8.70. The number of halogens is 1. The number of hydrogen-bond donors (Lipinski definition) is 2. The van der Waals surface area contributed by atoms with E-state index < -0.39 is 10.8 Å². The van der Waals surface area contributed by atoms with Crippen molar-refractivity contribution in [3.05, 3.63) is 40.5 Å². The van der Waals surface area contributed by atoms with Crippen molar-refractivity contribution in [2.75, 3.05) is 29.9 Å². The Kier molecular flexibility index (Phi) is 4.63. The fourth-order valence-electron chi connectivity index (χ4n) is 6.77. The summed E-state index contributed by atoms with van der Waals surface area (Å²) in [4.78, 5) is 13.2. The van der Waals surface area contributed by atoms with Gasteiger partial charge in [-0.3, -0.25) is 4.21 Å². The standard InChI is InChI=1S/C25H29ClN4O2S/c26-17-6-4-14(5-7-17)20-15-2-3-16(20)12-30(11-15)24-27-21-18-10-19(18)33(32)22(21)23(28-24)29-25(13-31)8-1-9-25/h4-7,15-16,18-20,31H,1-3,8-13H2,(H,27,28,29)/t15?,16?,18?,19?,20?,33-/m0/s1. The van der Waals surface area contributed by atoms with Crippen LogP contribution < -0.4 is 10.2 Å². The predicted octanol–water partition coefficient (Wildman–Crippen LogP) is 4.06. The molecular weight excluding hydrogens is 456 g/mol. The summed E-state index contributed by atoms with van der Waals surface area (Å²) in [5.74, 6) is 3.53. The smallest absolute Gasteiger partial charge is 0.227 e. The van der Waals surface area contributed by atoms with E-state index in [1.54, 1.807) is 0 Å². The largest absolute Gasteiger partial charge is 0.394 e. The van der Waals surface area contributed by atoms with E-state index >= 15 is 0 Å². The maximum Gasteiger partial charge on any atom is 0.227 e. The number of benzene rings is 1. The highest BCUT2D eigenvalue weighted by atomic mass is 35.5. The van der Waals surface area contributed by atoms with Gasteiger partial charge in [0.1, 0.15) is 10.7 Å². The van der Waals surface area contributed by atoms with Crippen molar-refractivity contribution < 1.29 is 9.32 Å². The third kappa shape index (κ3) is 3.18. The molecule has 0 spiro atoms. The summed E-state index contributed by atoms with van der Waals surface area (Å²) >= 11 is 6.13. The first-order valence-electron chi connectivity index (χ1n) is 12.3. The zero-order valence-corrected chi connectivity index (χ0v) is 20.1. The van der Waals surface area contributed by atoms with Gasteiger partial charge in [-0.2, -0.15) is 4.98 Å². The van der Waals surface area contributed by atoms with Crippen LogP contribution in [0.25, 0.3) is 0 Å². The average Bonchev–Trinajstić information content (AvgIpc) is 3.49. The first kappa shape index (κ1) is 20.7. The molecule has 1 saturated heterocycles. The average molecular weight is 485 g/mol. The van der Waals surface area contributed by atoms with E-state index in [4.69, 9.17) is 21.6 Å². The van der Waals surface area contributed by atoms with Gasteiger partial charge in [0.2, 0.25) is 5.95 Å². The predicted molar refractivity (Wildman–Crippen MR) is 129 cm³/mol. The Morgan fingerprint density at radius 1 is 1.15 bits per heavy atom. The first-order chi connectivity index (χ1) is 16.0. The maximum atomic E-state index is 13.1. The molecule has 7 rings (SSSR count). The molecule has 5 atom stereocenters. The van der Waals surface area contributed by atoms with Crippen molar-refractivity contribution >= 4 is 34.2 Å². The van der Waals surface area contributed by atoms with Crippen LogP contribution >= 0.6 is 11.6 Å². The van der Waals surface area contributed by atoms with Gasteiger partial charge in [0.15, 0.2) is 0 Å². The van der Waals surface area contributed by atoms with Gasteiger partial charge in [-0.25, -0.2) is 4.98 Å². The van der Waals surface area contributed by atoms with Gasteiger partial charge in [0.25, 0.3) is 0 Å².